The molecule has 9 nitrogen and oxygen atoms in total. The molecule has 0 radical (unpaired) electrons. The number of fused-ring (bicyclic) bond motifs is 1. The molecule has 42 heavy (non-hydrogen) atoms. The molecule has 0 unspecified atom stereocenters. The molecule has 5 rings (SSSR count). The topological polar surface area (TPSA) is 103 Å². The molecule has 0 aliphatic carbocycles. The Morgan fingerprint density at radius 2 is 1.38 bits per heavy atom. The molecule has 0 atom stereocenters. The summed E-state index contributed by atoms with van der Waals surface area (Å²) in [6.45, 7) is 7.58. The molecule has 3 aromatic heterocycles. The van der Waals surface area contributed by atoms with Crippen LogP contribution < -0.4 is 20.7 Å². The van der Waals surface area contributed by atoms with Crippen LogP contribution in [0, 0.1) is 0 Å². The molecule has 0 saturated heterocycles. The van der Waals surface area contributed by atoms with Gasteiger partial charge in [0.1, 0.15) is 11.6 Å². The smallest absolute Gasteiger partial charge is 0.121 e. The van der Waals surface area contributed by atoms with Crippen LogP contribution in [0.5, 0.6) is 5.75 Å². The zero-order valence-corrected chi connectivity index (χ0v) is 24.2. The molecule has 4 N–H and O–H groups in total. The van der Waals surface area contributed by atoms with E-state index in [2.05, 4.69) is 77.2 Å². The van der Waals surface area contributed by atoms with Crippen molar-refractivity contribution in [2.75, 3.05) is 33.3 Å². The predicted octanol–water partition coefficient (Wildman–Crippen LogP) is 4.03. The second-order valence-electron chi connectivity index (χ2n) is 10.3. The lowest BCUT2D eigenvalue weighted by molar-refractivity contribution is 0.263. The first kappa shape index (κ1) is 29.3. The van der Waals surface area contributed by atoms with Gasteiger partial charge in [-0.05, 0) is 47.5 Å². The van der Waals surface area contributed by atoms with Crippen LogP contribution in [0.2, 0.25) is 0 Å². The maximum atomic E-state index is 5.31. The fourth-order valence-electron chi connectivity index (χ4n) is 4.78. The molecule has 0 aliphatic heterocycles. The monoisotopic (exact) mass is 564 g/mol. The zero-order valence-electron chi connectivity index (χ0n) is 24.2. The van der Waals surface area contributed by atoms with E-state index in [0.29, 0.717) is 6.54 Å². The summed E-state index contributed by atoms with van der Waals surface area (Å²) >= 11 is 0. The number of pyridine rings is 2. The number of nitrogens with one attached hydrogen (secondary N) is 4. The van der Waals surface area contributed by atoms with Gasteiger partial charge < -0.3 is 25.7 Å². The van der Waals surface area contributed by atoms with E-state index in [1.807, 2.05) is 54.9 Å². The number of imidazole rings is 1. The predicted molar refractivity (Wildman–Crippen MR) is 167 cm³/mol. The first-order valence-electron chi connectivity index (χ1n) is 14.5. The third-order valence-corrected chi connectivity index (χ3v) is 7.06. The number of rotatable bonds is 17. The van der Waals surface area contributed by atoms with Crippen molar-refractivity contribution in [3.63, 3.8) is 0 Å². The highest BCUT2D eigenvalue weighted by molar-refractivity contribution is 5.76. The van der Waals surface area contributed by atoms with E-state index >= 15 is 0 Å². The van der Waals surface area contributed by atoms with Crippen molar-refractivity contribution in [3.8, 4) is 5.75 Å². The molecule has 0 aliphatic rings. The van der Waals surface area contributed by atoms with Gasteiger partial charge in [-0.2, -0.15) is 0 Å². The Labute approximate surface area is 247 Å². The van der Waals surface area contributed by atoms with E-state index < -0.39 is 0 Å². The lowest BCUT2D eigenvalue weighted by Gasteiger charge is -2.23. The van der Waals surface area contributed by atoms with Crippen LogP contribution in [0.15, 0.2) is 91.3 Å². The molecule has 0 bridgehead atoms. The fraction of sp³-hybridized carbons (Fsp3) is 0.303. The summed E-state index contributed by atoms with van der Waals surface area (Å²) in [5.74, 6) is 1.74. The number of aromatic nitrogens is 4. The summed E-state index contributed by atoms with van der Waals surface area (Å²) in [7, 11) is 1.67. The number of ether oxygens (including phenoxy) is 1. The molecule has 2 aromatic carbocycles. The summed E-state index contributed by atoms with van der Waals surface area (Å²) in [6, 6.07) is 26.8. The molecule has 5 aromatic rings. The summed E-state index contributed by atoms with van der Waals surface area (Å²) < 4.78 is 5.31. The molecule has 9 heteroatoms. The highest BCUT2D eigenvalue weighted by Crippen LogP contribution is 2.18. The minimum atomic E-state index is 0.670. The Morgan fingerprint density at radius 1 is 0.714 bits per heavy atom. The average molecular weight is 565 g/mol. The lowest BCUT2D eigenvalue weighted by Crippen LogP contribution is -2.36. The van der Waals surface area contributed by atoms with Crippen LogP contribution in [0.3, 0.4) is 0 Å². The van der Waals surface area contributed by atoms with Crippen LogP contribution >= 0.6 is 0 Å². The standard InChI is InChI=1S/C33H40N8O/c1-42-30-12-13-31-32(20-30)40-33(39-31)24-36-21-26-8-10-27(11-9-26)25-41(18-16-34-22-28-6-2-4-14-37-28)19-17-35-23-29-7-3-5-15-38-29/h2-15,20,34-36H,16-19,21-25H2,1H3,(H,39,40). The van der Waals surface area contributed by atoms with E-state index in [1.54, 1.807) is 7.11 Å². The third kappa shape index (κ3) is 9.19. The van der Waals surface area contributed by atoms with Gasteiger partial charge in [0, 0.05) is 70.8 Å². The Hall–Kier alpha value is -4.15. The van der Waals surface area contributed by atoms with Crippen molar-refractivity contribution < 1.29 is 4.74 Å². The van der Waals surface area contributed by atoms with Crippen molar-refractivity contribution in [3.05, 3.63) is 120 Å². The van der Waals surface area contributed by atoms with Gasteiger partial charge in [-0.25, -0.2) is 4.98 Å². The van der Waals surface area contributed by atoms with Gasteiger partial charge in [0.2, 0.25) is 0 Å². The zero-order chi connectivity index (χ0) is 28.8. The summed E-state index contributed by atoms with van der Waals surface area (Å²) in [6.07, 6.45) is 3.68. The van der Waals surface area contributed by atoms with E-state index in [4.69, 9.17) is 4.74 Å². The third-order valence-electron chi connectivity index (χ3n) is 7.06. The second-order valence-corrected chi connectivity index (χ2v) is 10.3. The Balaban J connectivity index is 1.09. The van der Waals surface area contributed by atoms with Gasteiger partial charge in [0.05, 0.1) is 36.1 Å². The van der Waals surface area contributed by atoms with Crippen molar-refractivity contribution >= 4 is 11.0 Å². The van der Waals surface area contributed by atoms with Crippen LogP contribution in [0.4, 0.5) is 0 Å². The van der Waals surface area contributed by atoms with Gasteiger partial charge >= 0.3 is 0 Å². The SMILES string of the molecule is COc1ccc2nc(CNCc3ccc(CN(CCNCc4ccccn4)CCNCc4ccccn4)cc3)[nH]c2c1. The second kappa shape index (κ2) is 15.7. The highest BCUT2D eigenvalue weighted by atomic mass is 16.5. The molecule has 0 amide bonds. The van der Waals surface area contributed by atoms with Crippen LogP contribution in [-0.4, -0.2) is 58.1 Å². The number of H-pyrrole nitrogens is 1. The van der Waals surface area contributed by atoms with Gasteiger partial charge in [0.25, 0.3) is 0 Å². The lowest BCUT2D eigenvalue weighted by atomic mass is 10.1. The number of hydrogen-bond acceptors (Lipinski definition) is 8. The molecule has 0 fully saturated rings. The largest absolute Gasteiger partial charge is 0.497 e. The van der Waals surface area contributed by atoms with Gasteiger partial charge in [-0.15, -0.1) is 0 Å². The van der Waals surface area contributed by atoms with Crippen LogP contribution in [0.25, 0.3) is 11.0 Å². The molecule has 0 saturated carbocycles. The molecule has 0 spiro atoms. The van der Waals surface area contributed by atoms with Crippen molar-refractivity contribution in [2.24, 2.45) is 0 Å². The molecule has 218 valence electrons. The van der Waals surface area contributed by atoms with E-state index in [1.165, 1.54) is 11.1 Å². The van der Waals surface area contributed by atoms with Gasteiger partial charge in [-0.1, -0.05) is 36.4 Å². The van der Waals surface area contributed by atoms with Crippen LogP contribution in [0.1, 0.15) is 28.3 Å². The number of benzene rings is 2. The van der Waals surface area contributed by atoms with E-state index in [-0.39, 0.29) is 0 Å². The molecular weight excluding hydrogens is 524 g/mol. The number of nitrogens with zero attached hydrogens (tertiary/aromatic N) is 4. The van der Waals surface area contributed by atoms with Crippen LogP contribution in [-0.2, 0) is 32.7 Å². The Morgan fingerprint density at radius 3 is 2.00 bits per heavy atom. The first-order valence-corrected chi connectivity index (χ1v) is 14.5. The van der Waals surface area contributed by atoms with Gasteiger partial charge in [-0.3, -0.25) is 14.9 Å². The maximum Gasteiger partial charge on any atom is 0.121 e. The number of hydrogen-bond donors (Lipinski definition) is 4. The van der Waals surface area contributed by atoms with Crippen molar-refractivity contribution in [1.82, 2.24) is 40.8 Å². The minimum Gasteiger partial charge on any atom is -0.497 e. The Bertz CT molecular complexity index is 1430. The number of aromatic amines is 1. The van der Waals surface area contributed by atoms with Crippen molar-refractivity contribution in [1.29, 1.82) is 0 Å². The van der Waals surface area contributed by atoms with E-state index in [9.17, 15) is 0 Å². The van der Waals surface area contributed by atoms with E-state index in [0.717, 1.165) is 86.4 Å². The average Bonchev–Trinajstić information content (AvgIpc) is 3.45. The summed E-state index contributed by atoms with van der Waals surface area (Å²) in [4.78, 5) is 19.3. The fourth-order valence-corrected chi connectivity index (χ4v) is 4.78. The Kier molecular flexibility index (Phi) is 11.0. The highest BCUT2D eigenvalue weighted by Gasteiger charge is 2.08. The molecular formula is C33H40N8O. The summed E-state index contributed by atoms with van der Waals surface area (Å²) in [5, 5.41) is 10.6. The minimum absolute atomic E-state index is 0.670. The molecule has 3 heterocycles. The quantitative estimate of drug-likeness (QED) is 0.126. The normalized spacial score (nSPS) is 11.4. The van der Waals surface area contributed by atoms with Crippen molar-refractivity contribution in [2.45, 2.75) is 32.7 Å². The maximum absolute atomic E-state index is 5.31. The van der Waals surface area contributed by atoms with Gasteiger partial charge in [0.15, 0.2) is 0 Å². The number of methoxy groups -OCH3 is 1. The first-order chi connectivity index (χ1) is 20.7. The summed E-state index contributed by atoms with van der Waals surface area (Å²) in [5.41, 5.74) is 6.60.